The van der Waals surface area contributed by atoms with Gasteiger partial charge in [0.05, 0.1) is 0 Å². The molecule has 4 saturated carbocycles. The predicted octanol–water partition coefficient (Wildman–Crippen LogP) is 15.7. The second kappa shape index (κ2) is 14.4. The molecule has 73 heavy (non-hydrogen) atoms. The van der Waals surface area contributed by atoms with Crippen molar-refractivity contribution in [3.63, 3.8) is 0 Å². The molecule has 0 saturated heterocycles. The van der Waals surface area contributed by atoms with E-state index in [0.29, 0.717) is 23.5 Å². The Labute approximate surface area is 430 Å². The first-order chi connectivity index (χ1) is 35.4. The van der Waals surface area contributed by atoms with Gasteiger partial charge in [0.1, 0.15) is 8.07 Å². The van der Waals surface area contributed by atoms with Gasteiger partial charge < -0.3 is 0 Å². The summed E-state index contributed by atoms with van der Waals surface area (Å²) in [4.78, 5) is 17.0. The van der Waals surface area contributed by atoms with E-state index >= 15 is 0 Å². The summed E-state index contributed by atoms with van der Waals surface area (Å²) in [7, 11) is -1.89. The number of fused-ring (bicyclic) bond motifs is 12. The van der Waals surface area contributed by atoms with Crippen LogP contribution in [0.4, 0.5) is 0 Å². The van der Waals surface area contributed by atoms with Crippen LogP contribution < -0.4 is 10.4 Å². The Kier molecular flexibility index (Phi) is 8.37. The Morgan fingerprint density at radius 3 is 1.37 bits per heavy atom. The van der Waals surface area contributed by atoms with Crippen LogP contribution in [-0.2, 0) is 16.2 Å². The van der Waals surface area contributed by atoms with Gasteiger partial charge in [0, 0.05) is 32.9 Å². The summed E-state index contributed by atoms with van der Waals surface area (Å²) in [6, 6.07) is 63.1. The van der Waals surface area contributed by atoms with Gasteiger partial charge in [-0.1, -0.05) is 174 Å². The standard InChI is InChI=1S/C69H59N3Si/c1-67(2)56-19-11-7-15-46(56)51-35-42(23-26-58(51)67)64-70-65(43-24-27-59-52(36-43)47-16-8-12-20-57(47)68(59,3)4)72-66(71-64)55-37-53-48-17-9-13-21-60(48)69(44-30-39-29-40(32-44)33-45(69)31-39)61(53)38-50(55)41-25-28-63-54(34-41)49-18-10-14-22-62(49)73(63,5)6/h7-28,34-40,44-45H,29-33H2,1-6H3. The zero-order valence-electron chi connectivity index (χ0n) is 42.8. The molecule has 0 N–H and O–H groups in total. The van der Waals surface area contributed by atoms with Crippen LogP contribution in [0, 0.1) is 23.7 Å². The van der Waals surface area contributed by atoms with Crippen LogP contribution in [0.25, 0.3) is 89.8 Å². The first kappa shape index (κ1) is 42.5. The maximum Gasteiger partial charge on any atom is 0.164 e. The summed E-state index contributed by atoms with van der Waals surface area (Å²) >= 11 is 0. The van der Waals surface area contributed by atoms with Gasteiger partial charge in [0.15, 0.2) is 17.5 Å². The number of aromatic nitrogens is 3. The molecule has 0 unspecified atom stereocenters. The maximum atomic E-state index is 5.71. The monoisotopic (exact) mass is 957 g/mol. The molecule has 0 radical (unpaired) electrons. The van der Waals surface area contributed by atoms with Gasteiger partial charge in [-0.25, -0.2) is 15.0 Å². The molecule has 0 atom stereocenters. The second-order valence-corrected chi connectivity index (χ2v) is 29.1. The summed E-state index contributed by atoms with van der Waals surface area (Å²) in [6.07, 6.45) is 6.82. The Morgan fingerprint density at radius 1 is 0.342 bits per heavy atom. The number of hydrogen-bond donors (Lipinski definition) is 0. The first-order valence-electron chi connectivity index (χ1n) is 27.2. The van der Waals surface area contributed by atoms with Crippen molar-refractivity contribution in [3.8, 4) is 89.8 Å². The zero-order chi connectivity index (χ0) is 48.9. The zero-order valence-corrected chi connectivity index (χ0v) is 43.8. The van der Waals surface area contributed by atoms with Gasteiger partial charge in [-0.3, -0.25) is 0 Å². The van der Waals surface area contributed by atoms with Crippen LogP contribution in [0.2, 0.25) is 13.1 Å². The fourth-order valence-electron chi connectivity index (χ4n) is 17.0. The third kappa shape index (κ3) is 5.53. The van der Waals surface area contributed by atoms with E-state index in [9.17, 15) is 0 Å². The number of benzene rings is 8. The molecule has 4 heteroatoms. The first-order valence-corrected chi connectivity index (χ1v) is 30.2. The SMILES string of the molecule is CC1(C)c2ccccc2-c2cc(-c3nc(-c4ccc5c(c4)-c4ccccc4C5(C)C)nc(-c4cc5c(cc4-c4ccc6c(c4)-c4ccccc4[Si]6(C)C)C4(c6ccccc6-5)C5CC6CC(C5)CC4C6)n3)ccc21. The molecular formula is C69H59N3Si. The van der Waals surface area contributed by atoms with Gasteiger partial charge in [0.25, 0.3) is 0 Å². The van der Waals surface area contributed by atoms with E-state index in [1.165, 1.54) is 120 Å². The molecular weight excluding hydrogens is 899 g/mol. The van der Waals surface area contributed by atoms with Gasteiger partial charge in [0.2, 0.25) is 0 Å². The Morgan fingerprint density at radius 2 is 0.781 bits per heavy atom. The van der Waals surface area contributed by atoms with Crippen molar-refractivity contribution in [2.24, 2.45) is 23.7 Å². The lowest BCUT2D eigenvalue weighted by molar-refractivity contribution is -0.0399. The van der Waals surface area contributed by atoms with Crippen LogP contribution in [0.1, 0.15) is 93.2 Å². The van der Waals surface area contributed by atoms with Crippen molar-refractivity contribution < 1.29 is 0 Å². The highest BCUT2D eigenvalue weighted by molar-refractivity contribution is 7.03. The lowest BCUT2D eigenvalue weighted by Gasteiger charge is -2.61. The fourth-order valence-corrected chi connectivity index (χ4v) is 20.1. The van der Waals surface area contributed by atoms with Crippen LogP contribution in [0.5, 0.6) is 0 Å². The van der Waals surface area contributed by atoms with Crippen molar-refractivity contribution in [1.82, 2.24) is 15.0 Å². The molecule has 1 spiro atoms. The quantitative estimate of drug-likeness (QED) is 0.165. The molecule has 0 amide bonds. The normalized spacial score (nSPS) is 23.6. The van der Waals surface area contributed by atoms with Crippen molar-refractivity contribution in [3.05, 3.63) is 197 Å². The molecule has 9 aromatic rings. The van der Waals surface area contributed by atoms with Crippen LogP contribution in [0.3, 0.4) is 0 Å². The molecule has 17 rings (SSSR count). The van der Waals surface area contributed by atoms with E-state index in [0.717, 1.165) is 34.4 Å². The average Bonchev–Trinajstić information content (AvgIpc) is 4.10. The molecule has 1 aromatic heterocycles. The fraction of sp³-hybridized carbons (Fsp3) is 0.261. The van der Waals surface area contributed by atoms with Gasteiger partial charge in [-0.15, -0.1) is 0 Å². The largest absolute Gasteiger partial charge is 0.208 e. The van der Waals surface area contributed by atoms with E-state index in [2.05, 4.69) is 205 Å². The van der Waals surface area contributed by atoms with Gasteiger partial charge in [-0.05, 0) is 185 Å². The lowest BCUT2D eigenvalue weighted by atomic mass is 9.43. The minimum absolute atomic E-state index is 0.0171. The predicted molar refractivity (Wildman–Crippen MR) is 302 cm³/mol. The Balaban J connectivity index is 0.968. The van der Waals surface area contributed by atoms with Crippen molar-refractivity contribution in [2.75, 3.05) is 0 Å². The summed E-state index contributed by atoms with van der Waals surface area (Å²) in [5.74, 6) is 5.17. The van der Waals surface area contributed by atoms with E-state index in [4.69, 9.17) is 15.0 Å². The highest BCUT2D eigenvalue weighted by Crippen LogP contribution is 2.70. The number of rotatable bonds is 4. The van der Waals surface area contributed by atoms with Crippen molar-refractivity contribution in [1.29, 1.82) is 0 Å². The summed E-state index contributed by atoms with van der Waals surface area (Å²) in [5.41, 5.74) is 24.6. The van der Waals surface area contributed by atoms with E-state index in [-0.39, 0.29) is 16.2 Å². The highest BCUT2D eigenvalue weighted by Gasteiger charge is 2.61. The molecule has 7 aliphatic carbocycles. The Hall–Kier alpha value is -7.01. The van der Waals surface area contributed by atoms with E-state index < -0.39 is 8.07 Å². The molecule has 8 aromatic carbocycles. The lowest BCUT2D eigenvalue weighted by Crippen LogP contribution is -2.55. The summed E-state index contributed by atoms with van der Waals surface area (Å²) in [6.45, 7) is 14.5. The molecule has 4 bridgehead atoms. The minimum atomic E-state index is -1.89. The van der Waals surface area contributed by atoms with Gasteiger partial charge in [-0.2, -0.15) is 0 Å². The molecule has 2 heterocycles. The summed E-state index contributed by atoms with van der Waals surface area (Å²) < 4.78 is 0. The van der Waals surface area contributed by atoms with Crippen LogP contribution in [-0.4, -0.2) is 23.0 Å². The maximum absolute atomic E-state index is 5.71. The van der Waals surface area contributed by atoms with E-state index in [1.807, 2.05) is 0 Å². The summed E-state index contributed by atoms with van der Waals surface area (Å²) in [5, 5.41) is 3.06. The van der Waals surface area contributed by atoms with E-state index in [1.54, 1.807) is 11.1 Å². The molecule has 3 nitrogen and oxygen atoms in total. The number of hydrogen-bond acceptors (Lipinski definition) is 3. The molecule has 8 aliphatic rings. The minimum Gasteiger partial charge on any atom is -0.208 e. The average molecular weight is 958 g/mol. The third-order valence-corrected chi connectivity index (χ3v) is 23.7. The molecule has 1 aliphatic heterocycles. The number of nitrogens with zero attached hydrogens (tertiary/aromatic N) is 3. The smallest absolute Gasteiger partial charge is 0.164 e. The highest BCUT2D eigenvalue weighted by atomic mass is 28.3. The van der Waals surface area contributed by atoms with Crippen LogP contribution in [0.15, 0.2) is 164 Å². The van der Waals surface area contributed by atoms with Crippen molar-refractivity contribution in [2.45, 2.75) is 89.1 Å². The van der Waals surface area contributed by atoms with Crippen molar-refractivity contribution >= 4 is 18.4 Å². The van der Waals surface area contributed by atoms with Gasteiger partial charge >= 0.3 is 0 Å². The molecule has 4 fully saturated rings. The molecule has 354 valence electrons. The topological polar surface area (TPSA) is 38.7 Å². The second-order valence-electron chi connectivity index (χ2n) is 24.8. The Bertz CT molecular complexity index is 3770. The third-order valence-electron chi connectivity index (χ3n) is 20.1. The van der Waals surface area contributed by atoms with Crippen LogP contribution >= 0.6 is 0 Å².